The van der Waals surface area contributed by atoms with Crippen molar-refractivity contribution in [2.75, 3.05) is 32.7 Å². The summed E-state index contributed by atoms with van der Waals surface area (Å²) >= 11 is 5.95. The Labute approximate surface area is 153 Å². The number of hydrogen-bond acceptors (Lipinski definition) is 4. The number of rotatable bonds is 5. The van der Waals surface area contributed by atoms with Crippen LogP contribution >= 0.6 is 11.6 Å². The van der Waals surface area contributed by atoms with Gasteiger partial charge in [-0.05, 0) is 24.6 Å². The van der Waals surface area contributed by atoms with Crippen molar-refractivity contribution in [1.82, 2.24) is 20.3 Å². The van der Waals surface area contributed by atoms with Gasteiger partial charge in [0.15, 0.2) is 5.96 Å². The molecule has 0 amide bonds. The Hall–Kier alpha value is -2.05. The second-order valence-electron chi connectivity index (χ2n) is 6.05. The second kappa shape index (κ2) is 8.87. The van der Waals surface area contributed by atoms with Crippen molar-refractivity contribution in [3.63, 3.8) is 0 Å². The van der Waals surface area contributed by atoms with E-state index in [0.717, 1.165) is 55.9 Å². The van der Waals surface area contributed by atoms with Crippen molar-refractivity contribution in [3.8, 4) is 0 Å². The van der Waals surface area contributed by atoms with Gasteiger partial charge >= 0.3 is 0 Å². The highest BCUT2D eigenvalue weighted by atomic mass is 35.5. The van der Waals surface area contributed by atoms with Crippen molar-refractivity contribution in [2.45, 2.75) is 20.0 Å². The Kier molecular flexibility index (Phi) is 6.30. The molecule has 1 aromatic heterocycles. The maximum atomic E-state index is 5.95. The minimum absolute atomic E-state index is 0.532. The lowest BCUT2D eigenvalue weighted by Gasteiger charge is -2.36. The first-order chi connectivity index (χ1) is 12.2. The Balaban J connectivity index is 1.53. The summed E-state index contributed by atoms with van der Waals surface area (Å²) in [7, 11) is 0. The molecule has 0 atom stereocenters. The summed E-state index contributed by atoms with van der Waals surface area (Å²) in [5.74, 6) is 0.941. The highest BCUT2D eigenvalue weighted by Gasteiger charge is 2.19. The van der Waals surface area contributed by atoms with E-state index >= 15 is 0 Å². The number of halogens is 1. The van der Waals surface area contributed by atoms with Gasteiger partial charge in [0.25, 0.3) is 0 Å². The van der Waals surface area contributed by atoms with Crippen LogP contribution in [0.3, 0.4) is 0 Å². The number of piperazine rings is 1. The van der Waals surface area contributed by atoms with Crippen LogP contribution < -0.4 is 5.32 Å². The summed E-state index contributed by atoms with van der Waals surface area (Å²) in [5.41, 5.74) is 2.14. The third-order valence-electron chi connectivity index (χ3n) is 4.21. The van der Waals surface area contributed by atoms with Crippen molar-refractivity contribution in [1.29, 1.82) is 0 Å². The summed E-state index contributed by atoms with van der Waals surface area (Å²) in [6.45, 7) is 8.36. The minimum atomic E-state index is 0.532. The van der Waals surface area contributed by atoms with Gasteiger partial charge in [0.2, 0.25) is 0 Å². The van der Waals surface area contributed by atoms with E-state index in [1.165, 1.54) is 5.56 Å². The van der Waals surface area contributed by atoms with Crippen LogP contribution in [-0.4, -0.2) is 53.6 Å². The molecule has 6 nitrogen and oxygen atoms in total. The van der Waals surface area contributed by atoms with Gasteiger partial charge in [-0.3, -0.25) is 4.90 Å². The first-order valence-corrected chi connectivity index (χ1v) is 9.01. The fourth-order valence-electron chi connectivity index (χ4n) is 2.87. The lowest BCUT2D eigenvalue weighted by Crippen LogP contribution is -2.52. The number of nitrogens with one attached hydrogen (secondary N) is 1. The predicted molar refractivity (Wildman–Crippen MR) is 99.6 cm³/mol. The lowest BCUT2D eigenvalue weighted by atomic mass is 10.2. The van der Waals surface area contributed by atoms with Crippen molar-refractivity contribution in [2.24, 2.45) is 4.99 Å². The smallest absolute Gasteiger partial charge is 0.194 e. The number of nitrogens with zero attached hydrogens (tertiary/aromatic N) is 4. The van der Waals surface area contributed by atoms with Crippen LogP contribution in [0.4, 0.5) is 0 Å². The maximum absolute atomic E-state index is 5.95. The Morgan fingerprint density at radius 3 is 2.60 bits per heavy atom. The van der Waals surface area contributed by atoms with E-state index in [2.05, 4.69) is 44.3 Å². The number of benzene rings is 1. The molecule has 7 heteroatoms. The molecule has 1 aromatic carbocycles. The zero-order valence-corrected chi connectivity index (χ0v) is 15.2. The molecule has 0 aliphatic carbocycles. The second-order valence-corrected chi connectivity index (χ2v) is 6.49. The van der Waals surface area contributed by atoms with Crippen LogP contribution in [-0.2, 0) is 13.1 Å². The molecule has 2 aromatic rings. The summed E-state index contributed by atoms with van der Waals surface area (Å²) in [5, 5.41) is 8.07. The van der Waals surface area contributed by atoms with Crippen molar-refractivity contribution >= 4 is 17.6 Å². The molecule has 1 aliphatic rings. The molecular weight excluding hydrogens is 338 g/mol. The monoisotopic (exact) mass is 361 g/mol. The molecule has 134 valence electrons. The fraction of sp³-hybridized carbons (Fsp3) is 0.444. The van der Waals surface area contributed by atoms with E-state index in [-0.39, 0.29) is 0 Å². The van der Waals surface area contributed by atoms with Gasteiger partial charge in [0.1, 0.15) is 12.0 Å². The minimum Gasteiger partial charge on any atom is -0.364 e. The molecule has 0 spiro atoms. The van der Waals surface area contributed by atoms with Gasteiger partial charge in [-0.25, -0.2) is 4.99 Å². The first-order valence-electron chi connectivity index (χ1n) is 8.64. The average Bonchev–Trinajstić information content (AvgIpc) is 3.15. The van der Waals surface area contributed by atoms with Crippen LogP contribution in [0.2, 0.25) is 5.02 Å². The topological polar surface area (TPSA) is 56.9 Å². The van der Waals surface area contributed by atoms with Gasteiger partial charge in [0, 0.05) is 50.4 Å². The lowest BCUT2D eigenvalue weighted by molar-refractivity contribution is 0.172. The molecule has 2 heterocycles. The molecule has 1 fully saturated rings. The molecule has 0 unspecified atom stereocenters. The zero-order chi connectivity index (χ0) is 17.5. The fourth-order valence-corrected chi connectivity index (χ4v) is 2.99. The molecule has 0 radical (unpaired) electrons. The molecule has 3 rings (SSSR count). The van der Waals surface area contributed by atoms with Gasteiger partial charge in [-0.15, -0.1) is 0 Å². The first kappa shape index (κ1) is 17.8. The van der Waals surface area contributed by atoms with Crippen LogP contribution in [0.5, 0.6) is 0 Å². The maximum Gasteiger partial charge on any atom is 0.194 e. The van der Waals surface area contributed by atoms with Crippen LogP contribution in [0.1, 0.15) is 18.2 Å². The Bertz CT molecular complexity index is 663. The summed E-state index contributed by atoms with van der Waals surface area (Å²) in [6.07, 6.45) is 1.58. The van der Waals surface area contributed by atoms with Crippen LogP contribution in [0.15, 0.2) is 46.1 Å². The molecule has 0 saturated carbocycles. The van der Waals surface area contributed by atoms with Crippen molar-refractivity contribution < 1.29 is 4.52 Å². The van der Waals surface area contributed by atoms with Gasteiger partial charge < -0.3 is 14.7 Å². The number of hydrogen-bond donors (Lipinski definition) is 1. The zero-order valence-electron chi connectivity index (χ0n) is 14.5. The van der Waals surface area contributed by atoms with Crippen molar-refractivity contribution in [3.05, 3.63) is 52.9 Å². The molecule has 1 aliphatic heterocycles. The van der Waals surface area contributed by atoms with Gasteiger partial charge in [0.05, 0.1) is 6.54 Å². The van der Waals surface area contributed by atoms with E-state index in [1.807, 2.05) is 18.2 Å². The van der Waals surface area contributed by atoms with E-state index < -0.39 is 0 Å². The van der Waals surface area contributed by atoms with E-state index in [1.54, 1.807) is 6.26 Å². The summed E-state index contributed by atoms with van der Waals surface area (Å²) in [4.78, 5) is 9.44. The predicted octanol–water partition coefficient (Wildman–Crippen LogP) is 2.61. The highest BCUT2D eigenvalue weighted by molar-refractivity contribution is 6.30. The molecule has 0 bridgehead atoms. The quantitative estimate of drug-likeness (QED) is 0.655. The normalized spacial score (nSPS) is 16.2. The Morgan fingerprint density at radius 1 is 1.20 bits per heavy atom. The third-order valence-corrected chi connectivity index (χ3v) is 4.46. The van der Waals surface area contributed by atoms with Crippen LogP contribution in [0, 0.1) is 0 Å². The summed E-state index contributed by atoms with van der Waals surface area (Å²) < 4.78 is 4.86. The standard InChI is InChI=1S/C18H24ClN5O/c1-2-20-18(21-13-17-7-12-25-22-17)24-10-8-23(9-11-24)14-15-3-5-16(19)6-4-15/h3-7,12H,2,8-11,13-14H2,1H3,(H,20,21). The summed E-state index contributed by atoms with van der Waals surface area (Å²) in [6, 6.07) is 9.94. The highest BCUT2D eigenvalue weighted by Crippen LogP contribution is 2.13. The van der Waals surface area contributed by atoms with E-state index in [4.69, 9.17) is 16.1 Å². The number of aromatic nitrogens is 1. The molecular formula is C18H24ClN5O. The van der Waals surface area contributed by atoms with E-state index in [9.17, 15) is 0 Å². The SMILES string of the molecule is CCNC(=NCc1ccon1)N1CCN(Cc2ccc(Cl)cc2)CC1. The Morgan fingerprint density at radius 2 is 1.96 bits per heavy atom. The molecule has 1 saturated heterocycles. The third kappa shape index (κ3) is 5.21. The van der Waals surface area contributed by atoms with Crippen LogP contribution in [0.25, 0.3) is 0 Å². The van der Waals surface area contributed by atoms with Gasteiger partial charge in [-0.1, -0.05) is 28.9 Å². The molecule has 25 heavy (non-hydrogen) atoms. The van der Waals surface area contributed by atoms with Gasteiger partial charge in [-0.2, -0.15) is 0 Å². The largest absolute Gasteiger partial charge is 0.364 e. The number of aliphatic imine (C=N–C) groups is 1. The van der Waals surface area contributed by atoms with E-state index in [0.29, 0.717) is 6.54 Å². The number of guanidine groups is 1. The molecule has 1 N–H and O–H groups in total. The average molecular weight is 362 g/mol.